The molecule has 0 amide bonds. The summed E-state index contributed by atoms with van der Waals surface area (Å²) in [5.74, 6) is 4.28. The monoisotopic (exact) mass is 1180 g/mol. The van der Waals surface area contributed by atoms with E-state index in [-0.39, 0.29) is 0 Å². The molecule has 12 heteroatoms. The Hall–Kier alpha value is -8.90. The smallest absolute Gasteiger partial charge is 0.162 e. The van der Waals surface area contributed by atoms with Crippen LogP contribution in [0.25, 0.3) is 77.7 Å². The zero-order chi connectivity index (χ0) is 60.5. The Morgan fingerprint density at radius 1 is 0.307 bits per heavy atom. The van der Waals surface area contributed by atoms with Crippen LogP contribution in [0, 0.1) is 11.6 Å². The van der Waals surface area contributed by atoms with Gasteiger partial charge in [0.05, 0.1) is 50.8 Å². The highest BCUT2D eigenvalue weighted by Crippen LogP contribution is 2.46. The first kappa shape index (κ1) is 62.2. The van der Waals surface area contributed by atoms with Gasteiger partial charge in [0.1, 0.15) is 46.1 Å². The Morgan fingerprint density at radius 2 is 0.636 bits per heavy atom. The van der Waals surface area contributed by atoms with Crippen molar-refractivity contribution >= 4 is 21.5 Å². The molecule has 0 saturated carbocycles. The summed E-state index contributed by atoms with van der Waals surface area (Å²) in [5, 5.41) is 4.62. The fraction of sp³-hybridized carbons (Fsp3) is 0.316. The van der Waals surface area contributed by atoms with Crippen LogP contribution >= 0.6 is 0 Å². The molecule has 0 N–H and O–H groups in total. The molecule has 0 fully saturated rings. The van der Waals surface area contributed by atoms with Gasteiger partial charge in [-0.1, -0.05) is 163 Å². The Morgan fingerprint density at radius 3 is 1.01 bits per heavy atom. The lowest BCUT2D eigenvalue weighted by Gasteiger charge is -2.20. The van der Waals surface area contributed by atoms with E-state index in [0.717, 1.165) is 181 Å². The number of unbranched alkanes of at least 4 members (excludes halogenated alkanes) is 12. The number of benzene rings is 8. The van der Waals surface area contributed by atoms with Crippen molar-refractivity contribution in [1.29, 1.82) is 0 Å². The molecule has 0 bridgehead atoms. The number of fused-ring (bicyclic) bond motifs is 2. The molecule has 0 aliphatic carbocycles. The van der Waals surface area contributed by atoms with Gasteiger partial charge < -0.3 is 28.4 Å². The number of halogens is 2. The maximum atomic E-state index is 14.9. The number of nitrogens with zero attached hydrogens (tertiary/aromatic N) is 4. The zero-order valence-corrected chi connectivity index (χ0v) is 50.9. The van der Waals surface area contributed by atoms with Crippen molar-refractivity contribution in [2.24, 2.45) is 0 Å². The van der Waals surface area contributed by atoms with Crippen LogP contribution in [-0.4, -0.2) is 59.6 Å². The average Bonchev–Trinajstić information content (AvgIpc) is 1.54. The van der Waals surface area contributed by atoms with Crippen molar-refractivity contribution in [2.45, 2.75) is 117 Å². The third-order valence-electron chi connectivity index (χ3n) is 15.7. The molecule has 88 heavy (non-hydrogen) atoms. The van der Waals surface area contributed by atoms with E-state index < -0.39 is 11.6 Å². The lowest BCUT2D eigenvalue weighted by Crippen LogP contribution is -2.03. The second kappa shape index (κ2) is 32.7. The molecule has 0 atom stereocenters. The van der Waals surface area contributed by atoms with Crippen LogP contribution in [-0.2, 0) is 0 Å². The lowest BCUT2D eigenvalue weighted by molar-refractivity contribution is 0.295. The van der Waals surface area contributed by atoms with E-state index in [1.807, 2.05) is 48.5 Å². The molecule has 0 unspecified atom stereocenters. The fourth-order valence-corrected chi connectivity index (χ4v) is 10.7. The Bertz CT molecular complexity index is 3520. The number of rotatable bonds is 35. The molecule has 8 aromatic carbocycles. The van der Waals surface area contributed by atoms with Gasteiger partial charge in [0, 0.05) is 59.2 Å². The summed E-state index contributed by atoms with van der Waals surface area (Å²) in [6.45, 7) is 7.89. The van der Waals surface area contributed by atoms with E-state index in [1.54, 1.807) is 49.1 Å². The maximum Gasteiger partial charge on any atom is 0.162 e. The highest BCUT2D eigenvalue weighted by Gasteiger charge is 2.20. The zero-order valence-electron chi connectivity index (χ0n) is 50.9. The molecular weight excluding hydrogens is 1100 g/mol. The minimum absolute atomic E-state index is 0.334. The minimum atomic E-state index is -0.406. The van der Waals surface area contributed by atoms with Gasteiger partial charge in [-0.05, 0) is 132 Å². The summed E-state index contributed by atoms with van der Waals surface area (Å²) >= 11 is 0. The van der Waals surface area contributed by atoms with Crippen LogP contribution in [0.2, 0.25) is 0 Å². The van der Waals surface area contributed by atoms with Crippen molar-refractivity contribution < 1.29 is 37.2 Å². The van der Waals surface area contributed by atoms with Gasteiger partial charge in [0.25, 0.3) is 0 Å². The van der Waals surface area contributed by atoms with E-state index in [9.17, 15) is 8.78 Å². The molecule has 10 aromatic rings. The van der Waals surface area contributed by atoms with Crippen molar-refractivity contribution in [2.75, 3.05) is 39.6 Å². The topological polar surface area (TPSA) is 107 Å². The van der Waals surface area contributed by atoms with E-state index in [0.29, 0.717) is 73.9 Å². The number of hydrogen-bond acceptors (Lipinski definition) is 10. The van der Waals surface area contributed by atoms with E-state index in [2.05, 4.69) is 107 Å². The van der Waals surface area contributed by atoms with Crippen molar-refractivity contribution in [3.8, 4) is 90.7 Å². The van der Waals surface area contributed by atoms with Gasteiger partial charge in [0.15, 0.2) is 11.6 Å². The summed E-state index contributed by atoms with van der Waals surface area (Å²) in [4.78, 5) is 17.8. The summed E-state index contributed by atoms with van der Waals surface area (Å²) in [6.07, 6.45) is 23.6. The van der Waals surface area contributed by atoms with E-state index in [4.69, 9.17) is 28.4 Å². The van der Waals surface area contributed by atoms with E-state index >= 15 is 0 Å². The number of hydrogen-bond donors (Lipinski definition) is 0. The van der Waals surface area contributed by atoms with Gasteiger partial charge in [-0.3, -0.25) is 0 Å². The van der Waals surface area contributed by atoms with Crippen LogP contribution in [0.5, 0.6) is 34.5 Å². The molecule has 10 nitrogen and oxygen atoms in total. The Kier molecular flexibility index (Phi) is 23.1. The average molecular weight is 1180 g/mol. The van der Waals surface area contributed by atoms with Crippen LogP contribution in [0.15, 0.2) is 183 Å². The predicted octanol–water partition coefficient (Wildman–Crippen LogP) is 20.1. The molecule has 10 rings (SSSR count). The van der Waals surface area contributed by atoms with E-state index in [1.165, 1.54) is 12.1 Å². The van der Waals surface area contributed by atoms with Gasteiger partial charge in [-0.15, -0.1) is 0 Å². The Labute approximate surface area is 517 Å². The van der Waals surface area contributed by atoms with Crippen LogP contribution in [0.3, 0.4) is 0 Å². The van der Waals surface area contributed by atoms with Gasteiger partial charge >= 0.3 is 0 Å². The first-order valence-corrected chi connectivity index (χ1v) is 31.7. The second-order valence-electron chi connectivity index (χ2n) is 22.3. The van der Waals surface area contributed by atoms with Gasteiger partial charge in [-0.25, -0.2) is 28.7 Å². The first-order valence-electron chi connectivity index (χ1n) is 31.7. The Balaban J connectivity index is 0.627. The number of aromatic nitrogens is 4. The summed E-state index contributed by atoms with van der Waals surface area (Å²) in [5.41, 5.74) is 6.46. The standard InChI is InChI=1S/C76H80F2N4O6/c1-3-5-43-85-63-37-39-67(69(77)49-63)75-79-51-59(52-80-75)55-27-33-61(34-28-55)83-45-19-11-7-9-13-21-47-87-71-41-31-57-23-15-17-25-65(57)73(71)74-66-26-18-16-24-58(66)32-42-72(74)88-48-22-14-10-8-12-20-46-84-62-35-29-56(30-36-62)60-53-81-76(82-54-60)68-40-38-64(50-70(68)78)86-44-6-4-2/h15-18,23-42,49-54H,3-14,19-22,43-48H2,1-2H3. The SMILES string of the molecule is CCCCOc1ccc(-c2ncc(-c3ccc(OCCCCCCCCOc4ccc5ccccc5c4-c4c(OCCCCCCCCOc5ccc(-c6cnc(-c7ccc(OCCCC)cc7F)nc6)cc5)ccc5ccccc45)cc3)cn2)c(F)c1. The van der Waals surface area contributed by atoms with Gasteiger partial charge in [-0.2, -0.15) is 0 Å². The quantitative estimate of drug-likeness (QED) is 0.0357. The molecule has 0 spiro atoms. The molecule has 0 aliphatic heterocycles. The highest BCUT2D eigenvalue weighted by molar-refractivity contribution is 6.09. The van der Waals surface area contributed by atoms with Crippen molar-refractivity contribution in [3.63, 3.8) is 0 Å². The van der Waals surface area contributed by atoms with Crippen molar-refractivity contribution in [3.05, 3.63) is 194 Å². The highest BCUT2D eigenvalue weighted by atomic mass is 19.1. The molecule has 2 aromatic heterocycles. The first-order chi connectivity index (χ1) is 43.4. The largest absolute Gasteiger partial charge is 0.494 e. The normalized spacial score (nSPS) is 11.3. The van der Waals surface area contributed by atoms with Crippen LogP contribution in [0.4, 0.5) is 8.78 Å². The minimum Gasteiger partial charge on any atom is -0.494 e. The van der Waals surface area contributed by atoms with Crippen molar-refractivity contribution in [1.82, 2.24) is 19.9 Å². The van der Waals surface area contributed by atoms with Gasteiger partial charge in [0.2, 0.25) is 0 Å². The molecule has 454 valence electrons. The molecule has 2 heterocycles. The number of ether oxygens (including phenoxy) is 6. The molecular formula is C76H80F2N4O6. The summed E-state index contributed by atoms with van der Waals surface area (Å²) < 4.78 is 66.7. The predicted molar refractivity (Wildman–Crippen MR) is 351 cm³/mol. The third-order valence-corrected chi connectivity index (χ3v) is 15.7. The second-order valence-corrected chi connectivity index (χ2v) is 22.3. The summed E-state index contributed by atoms with van der Waals surface area (Å²) in [7, 11) is 0. The maximum absolute atomic E-state index is 14.9. The molecule has 0 aliphatic rings. The lowest BCUT2D eigenvalue weighted by atomic mass is 9.92. The van der Waals surface area contributed by atoms with Crippen LogP contribution < -0.4 is 28.4 Å². The molecule has 0 saturated heterocycles. The van der Waals surface area contributed by atoms with Crippen LogP contribution in [0.1, 0.15) is 117 Å². The third kappa shape index (κ3) is 17.2. The molecule has 0 radical (unpaired) electrons. The summed E-state index contributed by atoms with van der Waals surface area (Å²) in [6, 6.07) is 51.3. The fourth-order valence-electron chi connectivity index (χ4n) is 10.7.